The number of fused-ring (bicyclic) bond motifs is 7. The van der Waals surface area contributed by atoms with Crippen LogP contribution in [0.1, 0.15) is 35.8 Å². The van der Waals surface area contributed by atoms with Crippen LogP contribution in [0.5, 0.6) is 17.2 Å². The highest BCUT2D eigenvalue weighted by molar-refractivity contribution is 5.87. The summed E-state index contributed by atoms with van der Waals surface area (Å²) in [5.41, 5.74) is 1.06. The lowest BCUT2D eigenvalue weighted by Crippen LogP contribution is -2.24. The van der Waals surface area contributed by atoms with E-state index >= 15 is 0 Å². The number of phenolic OH excluding ortho intramolecular Hbond substituents is 1. The fraction of sp³-hybridized carbons (Fsp3) is 0.300. The number of aromatic hydroxyl groups is 1. The molecule has 0 bridgehead atoms. The van der Waals surface area contributed by atoms with Crippen LogP contribution >= 0.6 is 0 Å². The van der Waals surface area contributed by atoms with Gasteiger partial charge < -0.3 is 29.2 Å². The molecule has 134 valence electrons. The quantitative estimate of drug-likeness (QED) is 0.655. The number of hydrogen-bond acceptors (Lipinski definition) is 6. The number of phenols is 1. The van der Waals surface area contributed by atoms with Crippen LogP contribution in [0.2, 0.25) is 0 Å². The molecule has 0 aliphatic carbocycles. The molecule has 2 aliphatic heterocycles. The van der Waals surface area contributed by atoms with E-state index in [4.69, 9.17) is 13.9 Å². The van der Waals surface area contributed by atoms with Crippen molar-refractivity contribution in [2.24, 2.45) is 0 Å². The summed E-state index contributed by atoms with van der Waals surface area (Å²) in [6.45, 7) is 1.52. The molecule has 3 aromatic rings. The number of ether oxygens (including phenoxy) is 2. The van der Waals surface area contributed by atoms with Crippen molar-refractivity contribution in [1.82, 2.24) is 0 Å². The van der Waals surface area contributed by atoms with Crippen LogP contribution < -0.4 is 9.47 Å². The first-order valence-electron chi connectivity index (χ1n) is 8.50. The molecule has 26 heavy (non-hydrogen) atoms. The van der Waals surface area contributed by atoms with Gasteiger partial charge in [0, 0.05) is 17.2 Å². The standard InChI is InChI=1S/C20H18O6/c1-20(23,9-21)17-7-13-15(25-17)5-4-11-14-8-24-16-6-10(22)2-3-12(16)19(14)26-18(11)13/h2-7,14,19,21-23H,8-9H2,1H3/t14-,19-,20-/m1/s1. The molecule has 1 aromatic heterocycles. The van der Waals surface area contributed by atoms with E-state index in [9.17, 15) is 15.3 Å². The first kappa shape index (κ1) is 15.5. The molecule has 2 aliphatic rings. The maximum absolute atomic E-state index is 10.3. The molecule has 6 heteroatoms. The van der Waals surface area contributed by atoms with Crippen LogP contribution in [0.3, 0.4) is 0 Å². The zero-order chi connectivity index (χ0) is 18.1. The highest BCUT2D eigenvalue weighted by atomic mass is 16.5. The number of rotatable bonds is 2. The maximum atomic E-state index is 10.3. The first-order valence-corrected chi connectivity index (χ1v) is 8.50. The number of benzene rings is 2. The summed E-state index contributed by atoms with van der Waals surface area (Å²) in [7, 11) is 0. The van der Waals surface area contributed by atoms with Gasteiger partial charge in [-0.25, -0.2) is 0 Å². The van der Waals surface area contributed by atoms with E-state index in [1.807, 2.05) is 18.2 Å². The Labute approximate surface area is 149 Å². The van der Waals surface area contributed by atoms with Gasteiger partial charge in [0.1, 0.15) is 40.3 Å². The molecule has 6 nitrogen and oxygen atoms in total. The second kappa shape index (κ2) is 5.16. The fourth-order valence-electron chi connectivity index (χ4n) is 3.76. The molecule has 0 saturated carbocycles. The molecule has 2 aromatic carbocycles. The minimum atomic E-state index is -1.45. The van der Waals surface area contributed by atoms with Crippen LogP contribution in [-0.2, 0) is 5.60 Å². The molecule has 5 rings (SSSR count). The van der Waals surface area contributed by atoms with Crippen molar-refractivity contribution in [3.8, 4) is 17.2 Å². The Bertz CT molecular complexity index is 1020. The molecule has 0 saturated heterocycles. The van der Waals surface area contributed by atoms with Gasteiger partial charge in [-0.2, -0.15) is 0 Å². The van der Waals surface area contributed by atoms with Crippen LogP contribution in [0, 0.1) is 0 Å². The predicted molar refractivity (Wildman–Crippen MR) is 92.6 cm³/mol. The van der Waals surface area contributed by atoms with Gasteiger partial charge in [-0.1, -0.05) is 6.07 Å². The second-order valence-corrected chi connectivity index (χ2v) is 7.12. The van der Waals surface area contributed by atoms with Crippen molar-refractivity contribution in [2.75, 3.05) is 13.2 Å². The van der Waals surface area contributed by atoms with Crippen molar-refractivity contribution < 1.29 is 29.2 Å². The molecule has 3 atom stereocenters. The Hall–Kier alpha value is -2.70. The normalized spacial score (nSPS) is 22.7. The number of aliphatic hydroxyl groups is 2. The van der Waals surface area contributed by atoms with Crippen molar-refractivity contribution in [1.29, 1.82) is 0 Å². The van der Waals surface area contributed by atoms with Crippen molar-refractivity contribution in [3.63, 3.8) is 0 Å². The highest BCUT2D eigenvalue weighted by Gasteiger charge is 2.42. The van der Waals surface area contributed by atoms with Crippen LogP contribution in [0.25, 0.3) is 11.0 Å². The third-order valence-electron chi connectivity index (χ3n) is 5.25. The molecule has 3 heterocycles. The van der Waals surface area contributed by atoms with Crippen LogP contribution in [0.4, 0.5) is 0 Å². The molecular weight excluding hydrogens is 336 g/mol. The smallest absolute Gasteiger partial charge is 0.142 e. The Balaban J connectivity index is 1.63. The number of hydrogen-bond donors (Lipinski definition) is 3. The third kappa shape index (κ3) is 2.06. The van der Waals surface area contributed by atoms with E-state index in [0.29, 0.717) is 29.4 Å². The Morgan fingerprint density at radius 1 is 1.15 bits per heavy atom. The Kier molecular flexibility index (Phi) is 3.08. The zero-order valence-electron chi connectivity index (χ0n) is 14.1. The SMILES string of the molecule is C[C@@](O)(CO)c1cc2c3c(ccc2o1)[C@H]1COc2cc(O)ccc2[C@H]1O3. The Morgan fingerprint density at radius 2 is 1.96 bits per heavy atom. The Morgan fingerprint density at radius 3 is 2.77 bits per heavy atom. The summed E-state index contributed by atoms with van der Waals surface area (Å²) in [5.74, 6) is 1.84. The molecule has 0 radical (unpaired) electrons. The minimum Gasteiger partial charge on any atom is -0.508 e. The molecule has 0 unspecified atom stereocenters. The van der Waals surface area contributed by atoms with Crippen molar-refractivity contribution in [3.05, 3.63) is 53.3 Å². The summed E-state index contributed by atoms with van der Waals surface area (Å²) in [4.78, 5) is 0. The third-order valence-corrected chi connectivity index (χ3v) is 5.25. The minimum absolute atomic E-state index is 0.0446. The number of furan rings is 1. The summed E-state index contributed by atoms with van der Waals surface area (Å²) in [6.07, 6.45) is -0.198. The zero-order valence-corrected chi connectivity index (χ0v) is 14.1. The van der Waals surface area contributed by atoms with Gasteiger partial charge in [0.2, 0.25) is 0 Å². The topological polar surface area (TPSA) is 92.3 Å². The lowest BCUT2D eigenvalue weighted by molar-refractivity contribution is -0.0184. The summed E-state index contributed by atoms with van der Waals surface area (Å²) >= 11 is 0. The fourth-order valence-corrected chi connectivity index (χ4v) is 3.76. The highest BCUT2D eigenvalue weighted by Crippen LogP contribution is 2.54. The van der Waals surface area contributed by atoms with E-state index in [-0.39, 0.29) is 17.8 Å². The lowest BCUT2D eigenvalue weighted by atomic mass is 9.89. The molecule has 0 amide bonds. The largest absolute Gasteiger partial charge is 0.508 e. The van der Waals surface area contributed by atoms with Gasteiger partial charge in [-0.15, -0.1) is 0 Å². The van der Waals surface area contributed by atoms with Gasteiger partial charge in [-0.05, 0) is 31.2 Å². The van der Waals surface area contributed by atoms with Gasteiger partial charge in [0.05, 0.1) is 24.5 Å². The van der Waals surface area contributed by atoms with Gasteiger partial charge in [0.15, 0.2) is 0 Å². The monoisotopic (exact) mass is 354 g/mol. The van der Waals surface area contributed by atoms with E-state index < -0.39 is 12.2 Å². The van der Waals surface area contributed by atoms with E-state index in [1.54, 1.807) is 18.2 Å². The van der Waals surface area contributed by atoms with Gasteiger partial charge >= 0.3 is 0 Å². The summed E-state index contributed by atoms with van der Waals surface area (Å²) < 4.78 is 17.8. The van der Waals surface area contributed by atoms with E-state index in [2.05, 4.69) is 0 Å². The van der Waals surface area contributed by atoms with Crippen molar-refractivity contribution >= 4 is 11.0 Å². The summed E-state index contributed by atoms with van der Waals surface area (Å²) in [6, 6.07) is 10.6. The van der Waals surface area contributed by atoms with E-state index in [1.165, 1.54) is 6.92 Å². The number of aliphatic hydroxyl groups excluding tert-OH is 1. The lowest BCUT2D eigenvalue weighted by Gasteiger charge is -2.27. The van der Waals surface area contributed by atoms with Crippen LogP contribution in [0.15, 0.2) is 40.8 Å². The summed E-state index contributed by atoms with van der Waals surface area (Å²) in [5, 5.41) is 30.1. The molecule has 3 N–H and O–H groups in total. The first-order chi connectivity index (χ1) is 12.5. The van der Waals surface area contributed by atoms with Gasteiger partial charge in [0.25, 0.3) is 0 Å². The van der Waals surface area contributed by atoms with Crippen molar-refractivity contribution in [2.45, 2.75) is 24.5 Å². The molecule has 0 fully saturated rings. The van der Waals surface area contributed by atoms with E-state index in [0.717, 1.165) is 16.5 Å². The van der Waals surface area contributed by atoms with Crippen LogP contribution in [-0.4, -0.2) is 28.5 Å². The second-order valence-electron chi connectivity index (χ2n) is 7.12. The molecular formula is C20H18O6. The molecule has 0 spiro atoms. The van der Waals surface area contributed by atoms with Gasteiger partial charge in [-0.3, -0.25) is 0 Å². The average molecular weight is 354 g/mol. The average Bonchev–Trinajstić information content (AvgIpc) is 3.22. The predicted octanol–water partition coefficient (Wildman–Crippen LogP) is 2.95. The maximum Gasteiger partial charge on any atom is 0.142 e.